The van der Waals surface area contributed by atoms with Crippen LogP contribution in [0.25, 0.3) is 0 Å². The summed E-state index contributed by atoms with van der Waals surface area (Å²) in [5.74, 6) is 0.958. The van der Waals surface area contributed by atoms with Gasteiger partial charge in [-0.15, -0.1) is 0 Å². The number of hydrogen-bond acceptors (Lipinski definition) is 4. The van der Waals surface area contributed by atoms with Crippen LogP contribution in [0.1, 0.15) is 19.5 Å². The number of aryl methyl sites for hydroxylation is 1. The van der Waals surface area contributed by atoms with Crippen molar-refractivity contribution in [3.63, 3.8) is 0 Å². The fourth-order valence-corrected chi connectivity index (χ4v) is 2.27. The van der Waals surface area contributed by atoms with E-state index in [0.717, 1.165) is 18.1 Å². The lowest BCUT2D eigenvalue weighted by molar-refractivity contribution is -0.101. The van der Waals surface area contributed by atoms with E-state index in [2.05, 4.69) is 9.88 Å². The van der Waals surface area contributed by atoms with E-state index >= 15 is 0 Å². The second-order valence-electron chi connectivity index (χ2n) is 5.20. The maximum Gasteiger partial charge on any atom is 0.128 e. The van der Waals surface area contributed by atoms with Gasteiger partial charge in [-0.1, -0.05) is 6.07 Å². The molecule has 0 saturated carbocycles. The highest BCUT2D eigenvalue weighted by atomic mass is 16.5. The van der Waals surface area contributed by atoms with Gasteiger partial charge >= 0.3 is 0 Å². The summed E-state index contributed by atoms with van der Waals surface area (Å²) in [7, 11) is 0. The van der Waals surface area contributed by atoms with Gasteiger partial charge in [0.1, 0.15) is 5.82 Å². The Morgan fingerprint density at radius 2 is 2.29 bits per heavy atom. The Balaban J connectivity index is 2.20. The number of hydrogen-bond donors (Lipinski definition) is 1. The molecule has 1 aliphatic rings. The molecule has 1 aromatic heterocycles. The van der Waals surface area contributed by atoms with Crippen molar-refractivity contribution in [3.05, 3.63) is 23.9 Å². The quantitative estimate of drug-likeness (QED) is 0.842. The zero-order valence-electron chi connectivity index (χ0n) is 10.7. The van der Waals surface area contributed by atoms with Crippen LogP contribution in [0.4, 0.5) is 5.82 Å². The first kappa shape index (κ1) is 12.3. The van der Waals surface area contributed by atoms with Crippen LogP contribution < -0.4 is 4.90 Å². The number of pyridine rings is 1. The van der Waals surface area contributed by atoms with Crippen LogP contribution in [0.2, 0.25) is 0 Å². The minimum absolute atomic E-state index is 0.0474. The first-order valence-electron chi connectivity index (χ1n) is 5.97. The van der Waals surface area contributed by atoms with Crippen LogP contribution in [-0.2, 0) is 4.74 Å². The summed E-state index contributed by atoms with van der Waals surface area (Å²) in [5, 5.41) is 9.27. The van der Waals surface area contributed by atoms with E-state index < -0.39 is 0 Å². The van der Waals surface area contributed by atoms with Crippen molar-refractivity contribution in [2.75, 3.05) is 24.6 Å². The molecule has 1 atom stereocenters. The molecular formula is C13H20N2O2. The van der Waals surface area contributed by atoms with Crippen molar-refractivity contribution in [1.29, 1.82) is 0 Å². The fraction of sp³-hybridized carbons (Fsp3) is 0.615. The van der Waals surface area contributed by atoms with E-state index in [4.69, 9.17) is 4.74 Å². The Kier molecular flexibility index (Phi) is 3.35. The van der Waals surface area contributed by atoms with Crippen molar-refractivity contribution in [3.8, 4) is 0 Å². The molecular weight excluding hydrogens is 216 g/mol. The van der Waals surface area contributed by atoms with Gasteiger partial charge in [0.15, 0.2) is 0 Å². The SMILES string of the molecule is Cc1cccc(N2CC(CO)OC(C)(C)C2)n1. The molecule has 1 aliphatic heterocycles. The summed E-state index contributed by atoms with van der Waals surface area (Å²) in [4.78, 5) is 6.70. The van der Waals surface area contributed by atoms with Gasteiger partial charge < -0.3 is 14.7 Å². The number of ether oxygens (including phenoxy) is 1. The minimum Gasteiger partial charge on any atom is -0.394 e. The molecule has 0 amide bonds. The number of aromatic nitrogens is 1. The fourth-order valence-electron chi connectivity index (χ4n) is 2.27. The molecule has 1 fully saturated rings. The van der Waals surface area contributed by atoms with Gasteiger partial charge in [-0.3, -0.25) is 0 Å². The second kappa shape index (κ2) is 4.63. The molecule has 0 aliphatic carbocycles. The lowest BCUT2D eigenvalue weighted by Crippen LogP contribution is -2.54. The normalized spacial score (nSPS) is 23.8. The molecule has 17 heavy (non-hydrogen) atoms. The van der Waals surface area contributed by atoms with Crippen molar-refractivity contribution in [2.45, 2.75) is 32.5 Å². The summed E-state index contributed by atoms with van der Waals surface area (Å²) in [6, 6.07) is 6.00. The molecule has 4 nitrogen and oxygen atoms in total. The zero-order valence-corrected chi connectivity index (χ0v) is 10.7. The smallest absolute Gasteiger partial charge is 0.128 e. The largest absolute Gasteiger partial charge is 0.394 e. The third-order valence-corrected chi connectivity index (χ3v) is 2.88. The Bertz CT molecular complexity index is 393. The van der Waals surface area contributed by atoms with E-state index in [0.29, 0.717) is 6.54 Å². The monoisotopic (exact) mass is 236 g/mol. The molecule has 0 spiro atoms. The van der Waals surface area contributed by atoms with Gasteiger partial charge in [-0.05, 0) is 32.9 Å². The van der Waals surface area contributed by atoms with Crippen LogP contribution in [0.15, 0.2) is 18.2 Å². The van der Waals surface area contributed by atoms with Crippen LogP contribution in [0, 0.1) is 6.92 Å². The van der Waals surface area contributed by atoms with Gasteiger partial charge in [-0.25, -0.2) is 4.98 Å². The van der Waals surface area contributed by atoms with Crippen LogP contribution in [0.3, 0.4) is 0 Å². The van der Waals surface area contributed by atoms with Gasteiger partial charge in [-0.2, -0.15) is 0 Å². The molecule has 2 rings (SSSR count). The second-order valence-corrected chi connectivity index (χ2v) is 5.20. The Morgan fingerprint density at radius 3 is 2.94 bits per heavy atom. The topological polar surface area (TPSA) is 45.6 Å². The predicted octanol–water partition coefficient (Wildman–Crippen LogP) is 1.37. The van der Waals surface area contributed by atoms with Gasteiger partial charge in [0.2, 0.25) is 0 Å². The lowest BCUT2D eigenvalue weighted by Gasteiger charge is -2.42. The number of aliphatic hydroxyl groups is 1. The number of rotatable bonds is 2. The third-order valence-electron chi connectivity index (χ3n) is 2.88. The number of anilines is 1. The van der Waals surface area contributed by atoms with Crippen LogP contribution in [-0.4, -0.2) is 41.5 Å². The van der Waals surface area contributed by atoms with E-state index in [9.17, 15) is 5.11 Å². The molecule has 94 valence electrons. The van der Waals surface area contributed by atoms with Crippen molar-refractivity contribution < 1.29 is 9.84 Å². The number of morpholine rings is 1. The summed E-state index contributed by atoms with van der Waals surface area (Å²) in [5.41, 5.74) is 0.754. The maximum absolute atomic E-state index is 9.27. The molecule has 1 aromatic rings. The standard InChI is InChI=1S/C13H20N2O2/c1-10-5-4-6-12(14-10)15-7-11(8-16)17-13(2,3)9-15/h4-6,11,16H,7-9H2,1-3H3. The van der Waals surface area contributed by atoms with E-state index in [1.54, 1.807) is 0 Å². The summed E-state index contributed by atoms with van der Waals surface area (Å²) < 4.78 is 5.79. The molecule has 1 N–H and O–H groups in total. The van der Waals surface area contributed by atoms with Gasteiger partial charge in [0, 0.05) is 18.8 Å². The Morgan fingerprint density at radius 1 is 1.53 bits per heavy atom. The highest BCUT2D eigenvalue weighted by Crippen LogP contribution is 2.24. The van der Waals surface area contributed by atoms with Gasteiger partial charge in [0.05, 0.1) is 18.3 Å². The summed E-state index contributed by atoms with van der Waals surface area (Å²) in [6.45, 7) is 7.59. The highest BCUT2D eigenvalue weighted by molar-refractivity contribution is 5.40. The first-order valence-corrected chi connectivity index (χ1v) is 5.97. The van der Waals surface area contributed by atoms with Gasteiger partial charge in [0.25, 0.3) is 0 Å². The highest BCUT2D eigenvalue weighted by Gasteiger charge is 2.33. The zero-order chi connectivity index (χ0) is 12.5. The van der Waals surface area contributed by atoms with Crippen molar-refractivity contribution in [1.82, 2.24) is 4.98 Å². The lowest BCUT2D eigenvalue weighted by atomic mass is 10.1. The van der Waals surface area contributed by atoms with Crippen molar-refractivity contribution in [2.24, 2.45) is 0 Å². The molecule has 0 bridgehead atoms. The third kappa shape index (κ3) is 2.96. The van der Waals surface area contributed by atoms with E-state index in [1.807, 2.05) is 39.0 Å². The average Bonchev–Trinajstić information content (AvgIpc) is 2.27. The Hall–Kier alpha value is -1.13. The molecule has 0 aromatic carbocycles. The summed E-state index contributed by atoms with van der Waals surface area (Å²) in [6.07, 6.45) is -0.138. The summed E-state index contributed by atoms with van der Waals surface area (Å²) >= 11 is 0. The average molecular weight is 236 g/mol. The first-order chi connectivity index (χ1) is 8.00. The number of nitrogens with zero attached hydrogens (tertiary/aromatic N) is 2. The minimum atomic E-state index is -0.253. The van der Waals surface area contributed by atoms with E-state index in [1.165, 1.54) is 0 Å². The molecule has 2 heterocycles. The molecule has 1 unspecified atom stereocenters. The number of aliphatic hydroxyl groups excluding tert-OH is 1. The van der Waals surface area contributed by atoms with Crippen LogP contribution in [0.5, 0.6) is 0 Å². The van der Waals surface area contributed by atoms with Crippen molar-refractivity contribution >= 4 is 5.82 Å². The molecule has 4 heteroatoms. The Labute approximate surface area is 102 Å². The molecule has 0 radical (unpaired) electrons. The predicted molar refractivity (Wildman–Crippen MR) is 67.2 cm³/mol. The van der Waals surface area contributed by atoms with Crippen LogP contribution >= 0.6 is 0 Å². The maximum atomic E-state index is 9.27. The van der Waals surface area contributed by atoms with E-state index in [-0.39, 0.29) is 18.3 Å². The molecule has 1 saturated heterocycles.